The van der Waals surface area contributed by atoms with E-state index in [2.05, 4.69) is 28.9 Å². The molecule has 2 amide bonds. The lowest BCUT2D eigenvalue weighted by Crippen LogP contribution is -2.43. The van der Waals surface area contributed by atoms with Crippen LogP contribution in [-0.4, -0.2) is 58.5 Å². The summed E-state index contributed by atoms with van der Waals surface area (Å²) in [5.74, 6) is 1.47. The minimum absolute atomic E-state index is 0.115. The first-order chi connectivity index (χ1) is 21.1. The first kappa shape index (κ1) is 31.1. The second-order valence-electron chi connectivity index (χ2n) is 12.2. The first-order valence-corrected chi connectivity index (χ1v) is 15.3. The van der Waals surface area contributed by atoms with Gasteiger partial charge in [-0.05, 0) is 69.0 Å². The molecule has 0 spiro atoms. The Morgan fingerprint density at radius 3 is 2.45 bits per heavy atom. The van der Waals surface area contributed by atoms with Crippen LogP contribution in [0.3, 0.4) is 0 Å². The highest BCUT2D eigenvalue weighted by atomic mass is 16.7. The Labute approximate surface area is 259 Å². The van der Waals surface area contributed by atoms with Gasteiger partial charge in [-0.3, -0.25) is 0 Å². The van der Waals surface area contributed by atoms with E-state index in [1.807, 2.05) is 49.4 Å². The van der Waals surface area contributed by atoms with Gasteiger partial charge in [0.15, 0.2) is 0 Å². The topological polar surface area (TPSA) is 94.9 Å². The maximum atomic E-state index is 12.9. The molecule has 1 saturated heterocycles. The summed E-state index contributed by atoms with van der Waals surface area (Å²) in [7, 11) is 0. The molecule has 9 nitrogen and oxygen atoms in total. The molecule has 44 heavy (non-hydrogen) atoms. The number of amides is 2. The van der Waals surface area contributed by atoms with Gasteiger partial charge in [0.25, 0.3) is 0 Å². The minimum atomic E-state index is -0.732. The van der Waals surface area contributed by atoms with E-state index in [1.54, 1.807) is 31.7 Å². The number of morpholine rings is 1. The Hall–Kier alpha value is -4.37. The molecule has 1 aromatic heterocycles. The number of hydrogen-bond acceptors (Lipinski definition) is 6. The molecule has 1 N–H and O–H groups in total. The van der Waals surface area contributed by atoms with Crippen LogP contribution in [0.15, 0.2) is 60.7 Å². The van der Waals surface area contributed by atoms with Crippen LogP contribution < -0.4 is 10.1 Å². The number of para-hydroxylation sites is 1. The summed E-state index contributed by atoms with van der Waals surface area (Å²) < 4.78 is 18.6. The fraction of sp³-hybridized carbons (Fsp3) is 0.400. The second-order valence-corrected chi connectivity index (χ2v) is 12.2. The van der Waals surface area contributed by atoms with Crippen molar-refractivity contribution < 1.29 is 23.8 Å². The number of aromatic nitrogens is 2. The zero-order chi connectivity index (χ0) is 31.3. The van der Waals surface area contributed by atoms with Crippen molar-refractivity contribution in [3.05, 3.63) is 77.6 Å². The highest BCUT2D eigenvalue weighted by molar-refractivity contribution is 5.93. The Morgan fingerprint density at radius 1 is 1.02 bits per heavy atom. The van der Waals surface area contributed by atoms with E-state index in [0.29, 0.717) is 38.6 Å². The van der Waals surface area contributed by atoms with E-state index in [1.165, 1.54) is 0 Å². The summed E-state index contributed by atoms with van der Waals surface area (Å²) in [6.45, 7) is 12.5. The number of unbranched alkanes of at least 4 members (excludes halogenated alkanes) is 1. The lowest BCUT2D eigenvalue weighted by molar-refractivity contribution is 0.0207. The molecule has 0 radical (unpaired) electrons. The number of imidazole rings is 1. The van der Waals surface area contributed by atoms with Gasteiger partial charge in [-0.15, -0.1) is 0 Å². The van der Waals surface area contributed by atoms with Gasteiger partial charge in [-0.2, -0.15) is 0 Å². The van der Waals surface area contributed by atoms with Gasteiger partial charge in [-0.25, -0.2) is 14.6 Å². The van der Waals surface area contributed by atoms with Crippen LogP contribution >= 0.6 is 0 Å². The molecular weight excluding hydrogens is 556 g/mol. The molecule has 1 aliphatic rings. The lowest BCUT2D eigenvalue weighted by Gasteiger charge is -2.27. The monoisotopic (exact) mass is 598 g/mol. The molecule has 232 valence electrons. The molecule has 9 heteroatoms. The van der Waals surface area contributed by atoms with Crippen molar-refractivity contribution in [1.29, 1.82) is 0 Å². The zero-order valence-electron chi connectivity index (χ0n) is 26.3. The van der Waals surface area contributed by atoms with E-state index in [4.69, 9.17) is 19.2 Å². The Kier molecular flexibility index (Phi) is 9.54. The number of nitrogens with zero attached hydrogens (tertiary/aromatic N) is 3. The Morgan fingerprint density at radius 2 is 1.75 bits per heavy atom. The fourth-order valence-corrected chi connectivity index (χ4v) is 5.31. The maximum absolute atomic E-state index is 12.9. The molecule has 0 aliphatic carbocycles. The third kappa shape index (κ3) is 7.58. The van der Waals surface area contributed by atoms with Gasteiger partial charge in [-0.1, -0.05) is 55.8 Å². The van der Waals surface area contributed by atoms with E-state index < -0.39 is 11.8 Å². The highest BCUT2D eigenvalue weighted by Gasteiger charge is 2.21. The molecule has 0 saturated carbocycles. The van der Waals surface area contributed by atoms with Crippen LogP contribution in [0.2, 0.25) is 0 Å². The molecule has 2 heterocycles. The van der Waals surface area contributed by atoms with E-state index >= 15 is 0 Å². The van der Waals surface area contributed by atoms with Crippen LogP contribution in [0.4, 0.5) is 15.3 Å². The number of carbonyl (C=O) groups is 2. The van der Waals surface area contributed by atoms with Gasteiger partial charge in [0.1, 0.15) is 17.2 Å². The number of anilines is 1. The molecule has 3 aromatic carbocycles. The molecule has 4 aromatic rings. The third-order valence-corrected chi connectivity index (χ3v) is 7.50. The number of carbonyl (C=O) groups excluding carboxylic acids is 2. The first-order valence-electron chi connectivity index (χ1n) is 15.3. The fourth-order valence-electron chi connectivity index (χ4n) is 5.31. The summed E-state index contributed by atoms with van der Waals surface area (Å²) in [6, 6.07) is 19.6. The number of nitrogens with one attached hydrogen (secondary N) is 1. The smallest absolute Gasteiger partial charge is 0.428 e. The molecular formula is C35H42N4O5. The zero-order valence-corrected chi connectivity index (χ0v) is 26.3. The van der Waals surface area contributed by atoms with E-state index in [9.17, 15) is 9.59 Å². The number of fused-ring (bicyclic) bond motifs is 1. The molecule has 0 unspecified atom stereocenters. The minimum Gasteiger partial charge on any atom is -0.428 e. The highest BCUT2D eigenvalue weighted by Crippen LogP contribution is 2.32. The molecule has 1 aliphatic heterocycles. The molecule has 1 fully saturated rings. The number of benzene rings is 3. The number of ether oxygens (including phenoxy) is 3. The van der Waals surface area contributed by atoms with Crippen molar-refractivity contribution in [1.82, 2.24) is 14.5 Å². The summed E-state index contributed by atoms with van der Waals surface area (Å²) >= 11 is 0. The van der Waals surface area contributed by atoms with Crippen LogP contribution in [0.25, 0.3) is 22.2 Å². The second kappa shape index (κ2) is 13.5. The largest absolute Gasteiger partial charge is 0.514 e. The lowest BCUT2D eigenvalue weighted by atomic mass is 10.0. The number of aryl methyl sites for hydroxylation is 2. The normalized spacial score (nSPS) is 13.6. The van der Waals surface area contributed by atoms with Gasteiger partial charge < -0.3 is 29.0 Å². The molecule has 5 rings (SSSR count). The van der Waals surface area contributed by atoms with Crippen LogP contribution in [-0.2, 0) is 22.4 Å². The van der Waals surface area contributed by atoms with Gasteiger partial charge in [0.2, 0.25) is 0 Å². The molecule has 0 atom stereocenters. The van der Waals surface area contributed by atoms with Crippen LogP contribution in [0, 0.1) is 6.92 Å². The van der Waals surface area contributed by atoms with Crippen LogP contribution in [0.1, 0.15) is 57.5 Å². The summed E-state index contributed by atoms with van der Waals surface area (Å²) in [5.41, 5.74) is 5.92. The van der Waals surface area contributed by atoms with Gasteiger partial charge >= 0.3 is 12.2 Å². The SMILES string of the molecule is CCCCc1nc2c(C)cc(NC(=O)N3CCOCC3)cc2n1Cc1ccc(-c2ccccc2OC(=O)OC(C)(C)C)cc1. The van der Waals surface area contributed by atoms with Crippen molar-refractivity contribution in [3.63, 3.8) is 0 Å². The molecule has 0 bridgehead atoms. The van der Waals surface area contributed by atoms with Crippen molar-refractivity contribution >= 4 is 28.9 Å². The van der Waals surface area contributed by atoms with Gasteiger partial charge in [0, 0.05) is 37.3 Å². The van der Waals surface area contributed by atoms with E-state index in [0.717, 1.165) is 64.1 Å². The van der Waals surface area contributed by atoms with Crippen molar-refractivity contribution in [2.45, 2.75) is 66.0 Å². The summed E-state index contributed by atoms with van der Waals surface area (Å²) in [4.78, 5) is 32.1. The predicted octanol–water partition coefficient (Wildman–Crippen LogP) is 7.58. The Bertz CT molecular complexity index is 1610. The van der Waals surface area contributed by atoms with Crippen molar-refractivity contribution in [3.8, 4) is 16.9 Å². The number of rotatable bonds is 8. The predicted molar refractivity (Wildman–Crippen MR) is 172 cm³/mol. The standard InChI is InChI=1S/C35H42N4O5/c1-6-7-12-31-37-32-24(2)21-27(36-33(40)38-17-19-42-20-18-38)22-29(32)39(31)23-25-13-15-26(16-14-25)28-10-8-9-11-30(28)43-34(41)44-35(3,4)5/h8-11,13-16,21-22H,6-7,12,17-20,23H2,1-5H3,(H,36,40). The Balaban J connectivity index is 1.41. The average molecular weight is 599 g/mol. The average Bonchev–Trinajstić information content (AvgIpc) is 3.33. The summed E-state index contributed by atoms with van der Waals surface area (Å²) in [5, 5.41) is 3.09. The third-order valence-electron chi connectivity index (χ3n) is 7.50. The van der Waals surface area contributed by atoms with E-state index in [-0.39, 0.29) is 6.03 Å². The number of urea groups is 1. The van der Waals surface area contributed by atoms with Crippen molar-refractivity contribution in [2.75, 3.05) is 31.6 Å². The maximum Gasteiger partial charge on any atom is 0.514 e. The number of hydrogen-bond donors (Lipinski definition) is 1. The van der Waals surface area contributed by atoms with Crippen molar-refractivity contribution in [2.24, 2.45) is 0 Å². The van der Waals surface area contributed by atoms with Gasteiger partial charge in [0.05, 0.1) is 24.2 Å². The quantitative estimate of drug-likeness (QED) is 0.166. The van der Waals surface area contributed by atoms with Crippen LogP contribution in [0.5, 0.6) is 5.75 Å². The summed E-state index contributed by atoms with van der Waals surface area (Å²) in [6.07, 6.45) is 2.25.